The van der Waals surface area contributed by atoms with Crippen LogP contribution < -0.4 is 5.32 Å². The summed E-state index contributed by atoms with van der Waals surface area (Å²) in [5.74, 6) is -0.330. The molecule has 2 aromatic carbocycles. The van der Waals surface area contributed by atoms with E-state index < -0.39 is 10.8 Å². The fourth-order valence-corrected chi connectivity index (χ4v) is 3.30. The Bertz CT molecular complexity index is 686. The van der Waals surface area contributed by atoms with Crippen molar-refractivity contribution in [2.24, 2.45) is 0 Å². The first-order valence-electron chi connectivity index (χ1n) is 7.45. The van der Waals surface area contributed by atoms with Crippen LogP contribution in [0.15, 0.2) is 48.5 Å². The lowest BCUT2D eigenvalue weighted by Crippen LogP contribution is -2.30. The second-order valence-electron chi connectivity index (χ2n) is 5.38. The van der Waals surface area contributed by atoms with Gasteiger partial charge in [0, 0.05) is 23.1 Å². The number of aryl methyl sites for hydroxylation is 1. The van der Waals surface area contributed by atoms with Crippen LogP contribution in [0, 0.1) is 12.7 Å². The normalized spacial score (nSPS) is 11.9. The van der Waals surface area contributed by atoms with Gasteiger partial charge in [0.25, 0.3) is 0 Å². The van der Waals surface area contributed by atoms with E-state index in [1.54, 1.807) is 12.1 Å². The minimum Gasteiger partial charge on any atom is -0.355 e. The predicted octanol–water partition coefficient (Wildman–Crippen LogP) is 2.74. The molecule has 5 heteroatoms. The molecule has 1 atom stereocenters. The maximum absolute atomic E-state index is 12.8. The van der Waals surface area contributed by atoms with Crippen LogP contribution in [0.4, 0.5) is 4.39 Å². The Morgan fingerprint density at radius 3 is 2.52 bits per heavy atom. The Morgan fingerprint density at radius 1 is 1.13 bits per heavy atom. The molecule has 122 valence electrons. The van der Waals surface area contributed by atoms with Crippen LogP contribution >= 0.6 is 0 Å². The van der Waals surface area contributed by atoms with Gasteiger partial charge in [-0.25, -0.2) is 4.39 Å². The number of halogens is 1. The molecule has 0 heterocycles. The Labute approximate surface area is 138 Å². The van der Waals surface area contributed by atoms with Crippen LogP contribution in [0.25, 0.3) is 0 Å². The first-order valence-corrected chi connectivity index (χ1v) is 8.94. The third-order valence-corrected chi connectivity index (χ3v) is 4.75. The predicted molar refractivity (Wildman–Crippen MR) is 91.0 cm³/mol. The first kappa shape index (κ1) is 17.3. The number of amides is 1. The van der Waals surface area contributed by atoms with Crippen LogP contribution in [0.1, 0.15) is 16.7 Å². The molecule has 0 aliphatic heterocycles. The Morgan fingerprint density at radius 2 is 1.83 bits per heavy atom. The molecule has 1 amide bonds. The van der Waals surface area contributed by atoms with Crippen LogP contribution in [-0.2, 0) is 27.8 Å². The van der Waals surface area contributed by atoms with Gasteiger partial charge in [-0.2, -0.15) is 0 Å². The van der Waals surface area contributed by atoms with Crippen molar-refractivity contribution in [3.05, 3.63) is 71.0 Å². The van der Waals surface area contributed by atoms with E-state index in [1.807, 2.05) is 31.2 Å². The lowest BCUT2D eigenvalue weighted by atomic mass is 10.1. The third-order valence-electron chi connectivity index (χ3n) is 3.51. The number of carbonyl (C=O) groups excluding carboxylic acids is 1. The zero-order valence-corrected chi connectivity index (χ0v) is 13.9. The van der Waals surface area contributed by atoms with Gasteiger partial charge in [0.1, 0.15) is 11.6 Å². The van der Waals surface area contributed by atoms with E-state index in [2.05, 4.69) is 5.32 Å². The van der Waals surface area contributed by atoms with Gasteiger partial charge in [0.15, 0.2) is 0 Å². The number of hydrogen-bond acceptors (Lipinski definition) is 2. The van der Waals surface area contributed by atoms with Gasteiger partial charge in [0.2, 0.25) is 5.91 Å². The van der Waals surface area contributed by atoms with E-state index in [0.29, 0.717) is 6.54 Å². The summed E-state index contributed by atoms with van der Waals surface area (Å²) in [5.41, 5.74) is 3.15. The molecule has 0 radical (unpaired) electrons. The second kappa shape index (κ2) is 8.58. The van der Waals surface area contributed by atoms with Crippen molar-refractivity contribution in [3.8, 4) is 0 Å². The summed E-state index contributed by atoms with van der Waals surface area (Å²) in [5, 5.41) is 2.79. The van der Waals surface area contributed by atoms with Crippen molar-refractivity contribution in [2.75, 3.05) is 12.3 Å². The molecule has 0 saturated heterocycles. The van der Waals surface area contributed by atoms with E-state index >= 15 is 0 Å². The smallest absolute Gasteiger partial charge is 0.232 e. The van der Waals surface area contributed by atoms with Gasteiger partial charge >= 0.3 is 0 Å². The quantitative estimate of drug-likeness (QED) is 0.847. The molecule has 0 fully saturated rings. The average molecular weight is 333 g/mol. The monoisotopic (exact) mass is 333 g/mol. The molecule has 0 aromatic heterocycles. The highest BCUT2D eigenvalue weighted by Crippen LogP contribution is 2.07. The van der Waals surface area contributed by atoms with Gasteiger partial charge in [-0.15, -0.1) is 0 Å². The summed E-state index contributed by atoms with van der Waals surface area (Å²) in [6, 6.07) is 13.9. The zero-order valence-electron chi connectivity index (χ0n) is 13.0. The maximum Gasteiger partial charge on any atom is 0.232 e. The standard InChI is InChI=1S/C18H20FNO2S/c1-14-4-2-3-5-16(14)10-11-20-18(21)13-23(22)12-15-6-8-17(19)9-7-15/h2-9H,10-13H2,1H3,(H,20,21)/t23-/m0/s1. The van der Waals surface area contributed by atoms with Crippen LogP contribution in [0.5, 0.6) is 0 Å². The summed E-state index contributed by atoms with van der Waals surface area (Å²) >= 11 is 0. The van der Waals surface area contributed by atoms with Gasteiger partial charge in [0.05, 0.1) is 0 Å². The molecule has 1 N–H and O–H groups in total. The molecule has 0 unspecified atom stereocenters. The van der Waals surface area contributed by atoms with Crippen molar-refractivity contribution >= 4 is 16.7 Å². The molecule has 0 saturated carbocycles. The van der Waals surface area contributed by atoms with E-state index in [-0.39, 0.29) is 23.2 Å². The summed E-state index contributed by atoms with van der Waals surface area (Å²) in [4.78, 5) is 11.8. The molecule has 0 aliphatic rings. The largest absolute Gasteiger partial charge is 0.355 e. The fraction of sp³-hybridized carbons (Fsp3) is 0.278. The molecule has 2 rings (SSSR count). The highest BCUT2D eigenvalue weighted by molar-refractivity contribution is 7.84. The first-order chi connectivity index (χ1) is 11.0. The van der Waals surface area contributed by atoms with Gasteiger partial charge in [-0.1, -0.05) is 36.4 Å². The number of benzene rings is 2. The lowest BCUT2D eigenvalue weighted by Gasteiger charge is -2.07. The topological polar surface area (TPSA) is 46.2 Å². The van der Waals surface area contributed by atoms with Crippen molar-refractivity contribution in [1.29, 1.82) is 0 Å². The van der Waals surface area contributed by atoms with Crippen LogP contribution in [-0.4, -0.2) is 22.4 Å². The summed E-state index contributed by atoms with van der Waals surface area (Å²) in [6.45, 7) is 2.56. The summed E-state index contributed by atoms with van der Waals surface area (Å²) < 4.78 is 24.8. The molecule has 0 spiro atoms. The molecule has 23 heavy (non-hydrogen) atoms. The van der Waals surface area contributed by atoms with Gasteiger partial charge < -0.3 is 5.32 Å². The van der Waals surface area contributed by atoms with Crippen molar-refractivity contribution in [3.63, 3.8) is 0 Å². The molecule has 0 aliphatic carbocycles. The average Bonchev–Trinajstić information content (AvgIpc) is 2.51. The Balaban J connectivity index is 1.73. The Hall–Kier alpha value is -2.01. The molecular weight excluding hydrogens is 313 g/mol. The molecular formula is C18H20FNO2S. The third kappa shape index (κ3) is 5.94. The van der Waals surface area contributed by atoms with Crippen molar-refractivity contribution in [1.82, 2.24) is 5.32 Å². The number of rotatable bonds is 7. The van der Waals surface area contributed by atoms with Crippen LogP contribution in [0.3, 0.4) is 0 Å². The minimum atomic E-state index is -1.29. The van der Waals surface area contributed by atoms with E-state index in [0.717, 1.165) is 12.0 Å². The van der Waals surface area contributed by atoms with E-state index in [9.17, 15) is 13.4 Å². The molecule has 0 bridgehead atoms. The highest BCUT2D eigenvalue weighted by Gasteiger charge is 2.09. The number of hydrogen-bond donors (Lipinski definition) is 1. The fourth-order valence-electron chi connectivity index (χ4n) is 2.24. The van der Waals surface area contributed by atoms with Gasteiger partial charge in [-0.05, 0) is 42.2 Å². The summed E-state index contributed by atoms with van der Waals surface area (Å²) in [7, 11) is -1.29. The molecule has 3 nitrogen and oxygen atoms in total. The lowest BCUT2D eigenvalue weighted by molar-refractivity contribution is -0.118. The highest BCUT2D eigenvalue weighted by atomic mass is 32.2. The van der Waals surface area contributed by atoms with Crippen molar-refractivity contribution < 1.29 is 13.4 Å². The van der Waals surface area contributed by atoms with Crippen molar-refractivity contribution in [2.45, 2.75) is 19.1 Å². The van der Waals surface area contributed by atoms with Gasteiger partial charge in [-0.3, -0.25) is 9.00 Å². The van der Waals surface area contributed by atoms with E-state index in [4.69, 9.17) is 0 Å². The maximum atomic E-state index is 12.8. The number of carbonyl (C=O) groups is 1. The number of nitrogens with one attached hydrogen (secondary N) is 1. The SMILES string of the molecule is Cc1ccccc1CCNC(=O)C[S@@](=O)Cc1ccc(F)cc1. The zero-order chi connectivity index (χ0) is 16.7. The van der Waals surface area contributed by atoms with Crippen LogP contribution in [0.2, 0.25) is 0 Å². The van der Waals surface area contributed by atoms with E-state index in [1.165, 1.54) is 23.3 Å². The summed E-state index contributed by atoms with van der Waals surface area (Å²) in [6.07, 6.45) is 0.753. The minimum absolute atomic E-state index is 0.0366. The Kier molecular flexibility index (Phi) is 6.47. The second-order valence-corrected chi connectivity index (χ2v) is 6.84. The molecule has 2 aromatic rings.